The van der Waals surface area contributed by atoms with Crippen molar-refractivity contribution in [2.24, 2.45) is 0 Å². The molecule has 0 saturated heterocycles. The van der Waals surface area contributed by atoms with Gasteiger partial charge in [0.05, 0.1) is 4.75 Å². The summed E-state index contributed by atoms with van der Waals surface area (Å²) in [4.78, 5) is 12.7. The second-order valence-electron chi connectivity index (χ2n) is 5.51. The van der Waals surface area contributed by atoms with Gasteiger partial charge in [0.15, 0.2) is 0 Å². The normalized spacial score (nSPS) is 12.8. The number of rotatable bonds is 4. The van der Waals surface area contributed by atoms with Gasteiger partial charge in [-0.1, -0.05) is 6.07 Å². The summed E-state index contributed by atoms with van der Waals surface area (Å²) in [6.07, 6.45) is 1.68. The quantitative estimate of drug-likeness (QED) is 0.908. The molecule has 0 aliphatic carbocycles. The van der Waals surface area contributed by atoms with Gasteiger partial charge in [0.1, 0.15) is 34.3 Å². The van der Waals surface area contributed by atoms with Gasteiger partial charge in [0.2, 0.25) is 0 Å². The zero-order valence-electron chi connectivity index (χ0n) is 12.5. The largest absolute Gasteiger partial charge is 0.325 e. The second-order valence-corrected chi connectivity index (χ2v) is 7.47. The molecule has 0 saturated carbocycles. The lowest BCUT2D eigenvalue weighted by Crippen LogP contribution is -2.27. The monoisotopic (exact) mass is 305 g/mol. The van der Waals surface area contributed by atoms with E-state index in [2.05, 4.69) is 25.0 Å². The van der Waals surface area contributed by atoms with Crippen molar-refractivity contribution in [3.05, 3.63) is 36.3 Å². The third-order valence-electron chi connectivity index (χ3n) is 2.53. The van der Waals surface area contributed by atoms with Gasteiger partial charge in [-0.25, -0.2) is 19.2 Å². The maximum Gasteiger partial charge on any atom is 0.140 e. The predicted octanol–water partition coefficient (Wildman–Crippen LogP) is 2.80. The van der Waals surface area contributed by atoms with E-state index in [0.717, 1.165) is 0 Å². The molecule has 0 spiro atoms. The molecule has 0 aliphatic heterocycles. The van der Waals surface area contributed by atoms with Crippen LogP contribution in [0.4, 0.5) is 17.5 Å². The standard InChI is InChI=1S/C14H19N5OS/c1-10-15-9-8-12(16-10)17-11-6-5-7-13(18-11)19-21(20)14(2,3)4/h5-9H,1-4H3,(H2,15,16,17,18,19). The zero-order valence-corrected chi connectivity index (χ0v) is 13.4. The van der Waals surface area contributed by atoms with Crippen molar-refractivity contribution < 1.29 is 4.21 Å². The first kappa shape index (κ1) is 15.4. The second kappa shape index (κ2) is 6.17. The van der Waals surface area contributed by atoms with Gasteiger partial charge in [-0.05, 0) is 45.9 Å². The topological polar surface area (TPSA) is 79.8 Å². The highest BCUT2D eigenvalue weighted by Gasteiger charge is 2.19. The Morgan fingerprint density at radius 2 is 1.71 bits per heavy atom. The average Bonchev–Trinajstić information content (AvgIpc) is 2.38. The fourth-order valence-corrected chi connectivity index (χ4v) is 2.08. The molecular formula is C14H19N5OS. The molecule has 2 aromatic rings. The Labute approximate surface area is 127 Å². The number of pyridine rings is 1. The highest BCUT2D eigenvalue weighted by Crippen LogP contribution is 2.17. The third-order valence-corrected chi connectivity index (χ3v) is 4.04. The van der Waals surface area contributed by atoms with E-state index in [-0.39, 0.29) is 4.75 Å². The van der Waals surface area contributed by atoms with Crippen molar-refractivity contribution in [2.75, 3.05) is 10.0 Å². The molecule has 7 heteroatoms. The molecule has 0 bridgehead atoms. The van der Waals surface area contributed by atoms with Crippen LogP contribution < -0.4 is 10.0 Å². The van der Waals surface area contributed by atoms with Crippen LogP contribution in [0.1, 0.15) is 26.6 Å². The number of nitrogens with zero attached hydrogens (tertiary/aromatic N) is 3. The Bertz CT molecular complexity index is 654. The fourth-order valence-electron chi connectivity index (χ4n) is 1.47. The highest BCUT2D eigenvalue weighted by atomic mass is 32.2. The number of anilines is 3. The summed E-state index contributed by atoms with van der Waals surface area (Å²) in [5.41, 5.74) is 0. The van der Waals surface area contributed by atoms with E-state index in [1.165, 1.54) is 0 Å². The lowest BCUT2D eigenvalue weighted by molar-refractivity contribution is 0.653. The van der Waals surface area contributed by atoms with Crippen molar-refractivity contribution in [3.63, 3.8) is 0 Å². The number of aryl methyl sites for hydroxylation is 1. The van der Waals surface area contributed by atoms with Gasteiger partial charge < -0.3 is 5.32 Å². The van der Waals surface area contributed by atoms with Crippen molar-refractivity contribution >= 4 is 28.4 Å². The average molecular weight is 305 g/mol. The lowest BCUT2D eigenvalue weighted by atomic mass is 10.3. The summed E-state index contributed by atoms with van der Waals surface area (Å²) in [7, 11) is -1.21. The van der Waals surface area contributed by atoms with E-state index in [9.17, 15) is 4.21 Å². The van der Waals surface area contributed by atoms with Crippen LogP contribution in [0.5, 0.6) is 0 Å². The molecule has 2 N–H and O–H groups in total. The van der Waals surface area contributed by atoms with Crippen LogP contribution in [0, 0.1) is 6.92 Å². The summed E-state index contributed by atoms with van der Waals surface area (Å²) < 4.78 is 14.6. The minimum Gasteiger partial charge on any atom is -0.325 e. The number of nitrogens with one attached hydrogen (secondary N) is 2. The molecule has 2 heterocycles. The fraction of sp³-hybridized carbons (Fsp3) is 0.357. The van der Waals surface area contributed by atoms with Crippen LogP contribution >= 0.6 is 0 Å². The van der Waals surface area contributed by atoms with Gasteiger partial charge in [0, 0.05) is 6.20 Å². The van der Waals surface area contributed by atoms with Crippen LogP contribution in [0.25, 0.3) is 0 Å². The molecule has 6 nitrogen and oxygen atoms in total. The predicted molar refractivity (Wildman–Crippen MR) is 85.8 cm³/mol. The van der Waals surface area contributed by atoms with Crippen LogP contribution in [-0.2, 0) is 11.0 Å². The van der Waals surface area contributed by atoms with Crippen LogP contribution in [0.15, 0.2) is 30.5 Å². The summed E-state index contributed by atoms with van der Waals surface area (Å²) >= 11 is 0. The SMILES string of the molecule is Cc1nccc(Nc2cccc(NS(=O)C(C)(C)C)n2)n1. The van der Waals surface area contributed by atoms with E-state index in [4.69, 9.17) is 0 Å². The summed E-state index contributed by atoms with van der Waals surface area (Å²) in [6.45, 7) is 7.54. The Morgan fingerprint density at radius 3 is 2.38 bits per heavy atom. The summed E-state index contributed by atoms with van der Waals surface area (Å²) in [5.74, 6) is 2.54. The Morgan fingerprint density at radius 1 is 1.05 bits per heavy atom. The van der Waals surface area contributed by atoms with E-state index in [1.54, 1.807) is 18.3 Å². The Balaban J connectivity index is 2.13. The first-order valence-corrected chi connectivity index (χ1v) is 7.72. The van der Waals surface area contributed by atoms with Crippen molar-refractivity contribution in [2.45, 2.75) is 32.4 Å². The minimum absolute atomic E-state index is 0.352. The van der Waals surface area contributed by atoms with Gasteiger partial charge >= 0.3 is 0 Å². The van der Waals surface area contributed by atoms with Gasteiger partial charge in [0.25, 0.3) is 0 Å². The molecule has 2 rings (SSSR count). The molecule has 0 aliphatic rings. The molecular weight excluding hydrogens is 286 g/mol. The van der Waals surface area contributed by atoms with Crippen molar-refractivity contribution in [3.8, 4) is 0 Å². The molecule has 21 heavy (non-hydrogen) atoms. The molecule has 0 fully saturated rings. The Hall–Kier alpha value is -2.02. The molecule has 2 aromatic heterocycles. The van der Waals surface area contributed by atoms with Crippen LogP contribution in [-0.4, -0.2) is 23.9 Å². The molecule has 112 valence electrons. The van der Waals surface area contributed by atoms with Gasteiger partial charge in [-0.2, -0.15) is 0 Å². The maximum absolute atomic E-state index is 12.1. The van der Waals surface area contributed by atoms with Crippen LogP contribution in [0.3, 0.4) is 0 Å². The first-order chi connectivity index (χ1) is 9.84. The molecule has 0 radical (unpaired) electrons. The zero-order chi connectivity index (χ0) is 15.5. The smallest absolute Gasteiger partial charge is 0.140 e. The summed E-state index contributed by atoms with van der Waals surface area (Å²) in [5, 5.41) is 3.10. The minimum atomic E-state index is -1.21. The number of aromatic nitrogens is 3. The highest BCUT2D eigenvalue weighted by molar-refractivity contribution is 7.87. The van der Waals surface area contributed by atoms with E-state index < -0.39 is 11.0 Å². The van der Waals surface area contributed by atoms with Crippen molar-refractivity contribution in [1.82, 2.24) is 15.0 Å². The maximum atomic E-state index is 12.1. The molecule has 0 amide bonds. The third kappa shape index (κ3) is 4.49. The molecule has 0 aromatic carbocycles. The molecule has 1 atom stereocenters. The Kier molecular flexibility index (Phi) is 4.52. The van der Waals surface area contributed by atoms with E-state index in [1.807, 2.05) is 39.8 Å². The molecule has 1 unspecified atom stereocenters. The van der Waals surface area contributed by atoms with Gasteiger partial charge in [-0.3, -0.25) is 4.72 Å². The van der Waals surface area contributed by atoms with Gasteiger partial charge in [-0.15, -0.1) is 0 Å². The number of hydrogen-bond donors (Lipinski definition) is 2. The number of hydrogen-bond acceptors (Lipinski definition) is 5. The van der Waals surface area contributed by atoms with Crippen molar-refractivity contribution in [1.29, 1.82) is 0 Å². The summed E-state index contributed by atoms with van der Waals surface area (Å²) in [6, 6.07) is 7.20. The first-order valence-electron chi connectivity index (χ1n) is 6.57. The van der Waals surface area contributed by atoms with E-state index in [0.29, 0.717) is 23.3 Å². The van der Waals surface area contributed by atoms with E-state index >= 15 is 0 Å². The van der Waals surface area contributed by atoms with Crippen LogP contribution in [0.2, 0.25) is 0 Å². The lowest BCUT2D eigenvalue weighted by Gasteiger charge is -2.18.